The number of nitrogens with one attached hydrogen (secondary N) is 1. The van der Waals surface area contributed by atoms with E-state index in [-0.39, 0.29) is 12.0 Å². The predicted molar refractivity (Wildman–Crippen MR) is 74.8 cm³/mol. The standard InChI is InChI=1S/C14H17N3O2/c1-9(15)14(18)17-16-8-12-7-11-5-3-4-6-13(11)19-10(12)2/h3-10H,15H2,1-2H3,(H,17,18)/t9-,10?/m1/s1. The Morgan fingerprint density at radius 1 is 1.53 bits per heavy atom. The number of amides is 1. The SMILES string of the molecule is CC1Oc2ccccc2C=C1C=NNC(=O)[C@@H](C)N. The number of rotatable bonds is 3. The molecule has 5 heteroatoms. The van der Waals surface area contributed by atoms with Crippen LogP contribution in [-0.4, -0.2) is 24.3 Å². The van der Waals surface area contributed by atoms with Gasteiger partial charge in [0.15, 0.2) is 0 Å². The van der Waals surface area contributed by atoms with Crippen molar-refractivity contribution >= 4 is 18.2 Å². The molecular formula is C14H17N3O2. The minimum Gasteiger partial charge on any atom is -0.485 e. The average molecular weight is 259 g/mol. The van der Waals surface area contributed by atoms with E-state index in [9.17, 15) is 4.79 Å². The van der Waals surface area contributed by atoms with Gasteiger partial charge in [0.2, 0.25) is 0 Å². The summed E-state index contributed by atoms with van der Waals surface area (Å²) in [5.74, 6) is 0.536. The van der Waals surface area contributed by atoms with Crippen LogP contribution in [0.1, 0.15) is 19.4 Å². The first-order valence-corrected chi connectivity index (χ1v) is 6.13. The molecule has 100 valence electrons. The van der Waals surface area contributed by atoms with Crippen LogP contribution in [0.25, 0.3) is 6.08 Å². The summed E-state index contributed by atoms with van der Waals surface area (Å²) in [5, 5.41) is 3.89. The maximum absolute atomic E-state index is 11.3. The van der Waals surface area contributed by atoms with Crippen molar-refractivity contribution in [2.45, 2.75) is 26.0 Å². The maximum Gasteiger partial charge on any atom is 0.256 e. The number of carbonyl (C=O) groups excluding carboxylic acids is 1. The van der Waals surface area contributed by atoms with Crippen molar-refractivity contribution in [3.05, 3.63) is 35.4 Å². The monoisotopic (exact) mass is 259 g/mol. The third-order valence-corrected chi connectivity index (χ3v) is 2.82. The van der Waals surface area contributed by atoms with E-state index in [1.165, 1.54) is 0 Å². The van der Waals surface area contributed by atoms with Crippen LogP contribution < -0.4 is 15.9 Å². The van der Waals surface area contributed by atoms with Crippen molar-refractivity contribution in [2.75, 3.05) is 0 Å². The molecule has 2 rings (SSSR count). The fourth-order valence-corrected chi connectivity index (χ4v) is 1.68. The topological polar surface area (TPSA) is 76.7 Å². The van der Waals surface area contributed by atoms with Gasteiger partial charge in [-0.25, -0.2) is 5.43 Å². The van der Waals surface area contributed by atoms with E-state index in [0.29, 0.717) is 0 Å². The highest BCUT2D eigenvalue weighted by Crippen LogP contribution is 2.28. The van der Waals surface area contributed by atoms with E-state index >= 15 is 0 Å². The first-order valence-electron chi connectivity index (χ1n) is 6.13. The molecule has 1 aromatic carbocycles. The van der Waals surface area contributed by atoms with Crippen molar-refractivity contribution in [3.8, 4) is 5.75 Å². The van der Waals surface area contributed by atoms with Crippen molar-refractivity contribution in [3.63, 3.8) is 0 Å². The molecule has 1 heterocycles. The smallest absolute Gasteiger partial charge is 0.256 e. The van der Waals surface area contributed by atoms with Crippen LogP contribution in [0, 0.1) is 0 Å². The minimum atomic E-state index is -0.577. The number of ether oxygens (including phenoxy) is 1. The largest absolute Gasteiger partial charge is 0.485 e. The Hall–Kier alpha value is -2.14. The maximum atomic E-state index is 11.3. The molecule has 5 nitrogen and oxygen atoms in total. The number of hydrogen-bond donors (Lipinski definition) is 2. The van der Waals surface area contributed by atoms with Crippen molar-refractivity contribution < 1.29 is 9.53 Å². The van der Waals surface area contributed by atoms with Crippen molar-refractivity contribution in [2.24, 2.45) is 10.8 Å². The second kappa shape index (κ2) is 5.67. The highest BCUT2D eigenvalue weighted by Gasteiger charge is 2.16. The average Bonchev–Trinajstić information content (AvgIpc) is 2.39. The number of fused-ring (bicyclic) bond motifs is 1. The molecule has 0 saturated heterocycles. The lowest BCUT2D eigenvalue weighted by Gasteiger charge is -2.22. The predicted octanol–water partition coefficient (Wildman–Crippen LogP) is 1.30. The number of nitrogens with two attached hydrogens (primary N) is 1. The van der Waals surface area contributed by atoms with Gasteiger partial charge in [0.05, 0.1) is 12.3 Å². The highest BCUT2D eigenvalue weighted by molar-refractivity contribution is 5.90. The molecule has 19 heavy (non-hydrogen) atoms. The number of benzene rings is 1. The molecule has 0 aliphatic carbocycles. The van der Waals surface area contributed by atoms with Gasteiger partial charge in [-0.1, -0.05) is 18.2 Å². The third-order valence-electron chi connectivity index (χ3n) is 2.82. The summed E-state index contributed by atoms with van der Waals surface area (Å²) in [6.07, 6.45) is 3.47. The molecule has 0 saturated carbocycles. The molecule has 0 aromatic heterocycles. The molecule has 0 bridgehead atoms. The Balaban J connectivity index is 2.10. The first-order chi connectivity index (χ1) is 9.08. The van der Waals surface area contributed by atoms with Crippen molar-refractivity contribution in [1.29, 1.82) is 0 Å². The number of hydrazone groups is 1. The summed E-state index contributed by atoms with van der Waals surface area (Å²) in [6.45, 7) is 3.54. The minimum absolute atomic E-state index is 0.106. The fourth-order valence-electron chi connectivity index (χ4n) is 1.68. The molecule has 0 radical (unpaired) electrons. The molecule has 1 aliphatic rings. The van der Waals surface area contributed by atoms with Gasteiger partial charge >= 0.3 is 0 Å². The van der Waals surface area contributed by atoms with E-state index in [0.717, 1.165) is 16.9 Å². The third kappa shape index (κ3) is 3.20. The van der Waals surface area contributed by atoms with E-state index in [4.69, 9.17) is 10.5 Å². The molecule has 0 spiro atoms. The molecule has 0 fully saturated rings. The van der Waals surface area contributed by atoms with Gasteiger partial charge in [-0.2, -0.15) is 5.10 Å². The molecule has 1 aromatic rings. The van der Waals surface area contributed by atoms with Crippen LogP contribution in [0.2, 0.25) is 0 Å². The molecule has 1 amide bonds. The highest BCUT2D eigenvalue weighted by atomic mass is 16.5. The van der Waals surface area contributed by atoms with E-state index in [1.807, 2.05) is 37.3 Å². The van der Waals surface area contributed by atoms with Crippen LogP contribution in [-0.2, 0) is 4.79 Å². The van der Waals surface area contributed by atoms with Gasteiger partial charge in [-0.3, -0.25) is 4.79 Å². The van der Waals surface area contributed by atoms with Gasteiger partial charge in [0.1, 0.15) is 11.9 Å². The van der Waals surface area contributed by atoms with E-state index in [1.54, 1.807) is 13.1 Å². The molecule has 3 N–H and O–H groups in total. The van der Waals surface area contributed by atoms with Crippen LogP contribution in [0.5, 0.6) is 5.75 Å². The second-order valence-corrected chi connectivity index (χ2v) is 4.47. The van der Waals surface area contributed by atoms with Gasteiger partial charge in [-0.15, -0.1) is 0 Å². The normalized spacial score (nSPS) is 19.3. The Morgan fingerprint density at radius 2 is 2.26 bits per heavy atom. The summed E-state index contributed by atoms with van der Waals surface area (Å²) >= 11 is 0. The van der Waals surface area contributed by atoms with Crippen molar-refractivity contribution in [1.82, 2.24) is 5.43 Å². The Labute approximate surface area is 112 Å². The Bertz CT molecular complexity index is 535. The quantitative estimate of drug-likeness (QED) is 0.634. The lowest BCUT2D eigenvalue weighted by Crippen LogP contribution is -2.35. The van der Waals surface area contributed by atoms with Crippen LogP contribution >= 0.6 is 0 Å². The fraction of sp³-hybridized carbons (Fsp3) is 0.286. The molecule has 1 aliphatic heterocycles. The first kappa shape index (κ1) is 13.3. The van der Waals surface area contributed by atoms with Gasteiger partial charge < -0.3 is 10.5 Å². The van der Waals surface area contributed by atoms with E-state index < -0.39 is 6.04 Å². The summed E-state index contributed by atoms with van der Waals surface area (Å²) in [4.78, 5) is 11.3. The van der Waals surface area contributed by atoms with Crippen LogP contribution in [0.4, 0.5) is 0 Å². The lowest BCUT2D eigenvalue weighted by molar-refractivity contribution is -0.121. The van der Waals surface area contributed by atoms with Crippen LogP contribution in [0.3, 0.4) is 0 Å². The number of carbonyl (C=O) groups is 1. The lowest BCUT2D eigenvalue weighted by atomic mass is 10.0. The summed E-state index contributed by atoms with van der Waals surface area (Å²) in [7, 11) is 0. The summed E-state index contributed by atoms with van der Waals surface area (Å²) in [6, 6.07) is 7.19. The zero-order chi connectivity index (χ0) is 13.8. The number of para-hydroxylation sites is 1. The Kier molecular flexibility index (Phi) is 3.97. The molecule has 2 atom stereocenters. The molecular weight excluding hydrogens is 242 g/mol. The Morgan fingerprint density at radius 3 is 3.00 bits per heavy atom. The molecule has 1 unspecified atom stereocenters. The number of nitrogens with zero attached hydrogens (tertiary/aromatic N) is 1. The number of hydrogen-bond acceptors (Lipinski definition) is 4. The summed E-state index contributed by atoms with van der Waals surface area (Å²) in [5.41, 5.74) is 9.70. The van der Waals surface area contributed by atoms with Gasteiger partial charge in [-0.05, 0) is 26.0 Å². The second-order valence-electron chi connectivity index (χ2n) is 4.47. The van der Waals surface area contributed by atoms with Crippen LogP contribution in [0.15, 0.2) is 34.9 Å². The van der Waals surface area contributed by atoms with Gasteiger partial charge in [0, 0.05) is 11.1 Å². The zero-order valence-electron chi connectivity index (χ0n) is 11.0. The van der Waals surface area contributed by atoms with E-state index in [2.05, 4.69) is 10.5 Å². The zero-order valence-corrected chi connectivity index (χ0v) is 11.0. The summed E-state index contributed by atoms with van der Waals surface area (Å²) < 4.78 is 5.75. The van der Waals surface area contributed by atoms with Gasteiger partial charge in [0.25, 0.3) is 5.91 Å².